The van der Waals surface area contributed by atoms with Crippen LogP contribution in [0.2, 0.25) is 0 Å². The van der Waals surface area contributed by atoms with Crippen molar-refractivity contribution in [3.05, 3.63) is 79.5 Å². The number of aromatic nitrogens is 4. The average molecular weight is 540 g/mol. The number of nitrogens with zero attached hydrogens (tertiary/aromatic N) is 4. The lowest BCUT2D eigenvalue weighted by atomic mass is 9.71. The van der Waals surface area contributed by atoms with Crippen molar-refractivity contribution in [3.63, 3.8) is 0 Å². The molecule has 2 aromatic heterocycles. The number of halogens is 1. The van der Waals surface area contributed by atoms with Gasteiger partial charge >= 0.3 is 0 Å². The van der Waals surface area contributed by atoms with Gasteiger partial charge in [-0.25, -0.2) is 9.97 Å². The largest absolute Gasteiger partial charge is 0.274 e. The molecule has 1 aliphatic carbocycles. The SMILES string of the molecule is CC1=C(CC/C(C)=C/CC/C(C)=C/CCc2cnn(-c3ncc(Br)cn3)c(=O)c2)C(C)(C)CCC1. The smallest absolute Gasteiger partial charge is 0.267 e. The van der Waals surface area contributed by atoms with E-state index < -0.39 is 0 Å². The molecule has 0 saturated heterocycles. The maximum absolute atomic E-state index is 12.4. The summed E-state index contributed by atoms with van der Waals surface area (Å²) in [5, 5.41) is 4.24. The Bertz CT molecular complexity index is 1160. The molecule has 0 amide bonds. The van der Waals surface area contributed by atoms with Crippen molar-refractivity contribution in [2.75, 3.05) is 0 Å². The second kappa shape index (κ2) is 12.6. The Morgan fingerprint density at radius 3 is 2.43 bits per heavy atom. The van der Waals surface area contributed by atoms with Gasteiger partial charge in [-0.3, -0.25) is 4.79 Å². The molecule has 5 nitrogen and oxygen atoms in total. The van der Waals surface area contributed by atoms with E-state index >= 15 is 0 Å². The van der Waals surface area contributed by atoms with Crippen LogP contribution in [0.3, 0.4) is 0 Å². The molecule has 0 atom stereocenters. The second-order valence-electron chi connectivity index (χ2n) is 10.5. The van der Waals surface area contributed by atoms with Crippen molar-refractivity contribution in [1.29, 1.82) is 0 Å². The Balaban J connectivity index is 1.44. The zero-order valence-electron chi connectivity index (χ0n) is 21.9. The Morgan fingerprint density at radius 1 is 1.06 bits per heavy atom. The number of aryl methyl sites for hydroxylation is 1. The number of allylic oxidation sites excluding steroid dienone is 6. The van der Waals surface area contributed by atoms with Gasteiger partial charge in [0, 0.05) is 18.5 Å². The van der Waals surface area contributed by atoms with E-state index in [0.717, 1.165) is 35.7 Å². The third-order valence-corrected chi connectivity index (χ3v) is 7.47. The summed E-state index contributed by atoms with van der Waals surface area (Å²) in [4.78, 5) is 20.7. The molecule has 0 saturated carbocycles. The van der Waals surface area contributed by atoms with Crippen LogP contribution in [0.15, 0.2) is 68.4 Å². The van der Waals surface area contributed by atoms with Crippen molar-refractivity contribution < 1.29 is 0 Å². The summed E-state index contributed by atoms with van der Waals surface area (Å²) >= 11 is 3.30. The summed E-state index contributed by atoms with van der Waals surface area (Å²) in [5.74, 6) is 0.276. The summed E-state index contributed by atoms with van der Waals surface area (Å²) in [5.41, 5.74) is 7.30. The first-order valence-corrected chi connectivity index (χ1v) is 13.5. The van der Waals surface area contributed by atoms with Crippen LogP contribution in [0, 0.1) is 5.41 Å². The van der Waals surface area contributed by atoms with Gasteiger partial charge in [0.2, 0.25) is 0 Å². The molecule has 0 fully saturated rings. The molecule has 0 aromatic carbocycles. The van der Waals surface area contributed by atoms with Crippen LogP contribution in [-0.2, 0) is 6.42 Å². The zero-order chi connectivity index (χ0) is 25.4. The molecule has 0 spiro atoms. The molecule has 3 rings (SSSR count). The molecule has 0 N–H and O–H groups in total. The normalized spacial score (nSPS) is 16.6. The molecule has 2 aromatic rings. The van der Waals surface area contributed by atoms with Crippen LogP contribution >= 0.6 is 15.9 Å². The maximum atomic E-state index is 12.4. The standard InChI is InChI=1S/C29H39BrN4O/c1-21(9-6-10-22(2)14-15-26-23(3)12-8-16-29(26,4)5)11-7-13-24-17-27(35)34(33-18-24)28-31-19-25(30)20-32-28/h10-11,17-20H,6-9,12-16H2,1-5H3/b21-11+,22-10+. The Labute approximate surface area is 218 Å². The lowest BCUT2D eigenvalue weighted by Crippen LogP contribution is -2.22. The fraction of sp³-hybridized carbons (Fsp3) is 0.517. The quantitative estimate of drug-likeness (QED) is 0.290. The van der Waals surface area contributed by atoms with Crippen molar-refractivity contribution in [2.45, 2.75) is 92.4 Å². The highest BCUT2D eigenvalue weighted by Crippen LogP contribution is 2.42. The molecule has 188 valence electrons. The van der Waals surface area contributed by atoms with Crippen LogP contribution in [-0.4, -0.2) is 19.7 Å². The number of hydrogen-bond donors (Lipinski definition) is 0. The molecule has 2 heterocycles. The third kappa shape index (κ3) is 8.09. The van der Waals surface area contributed by atoms with Gasteiger partial charge in [-0.05, 0) is 105 Å². The van der Waals surface area contributed by atoms with E-state index in [9.17, 15) is 4.79 Å². The van der Waals surface area contributed by atoms with Crippen LogP contribution in [0.4, 0.5) is 0 Å². The highest BCUT2D eigenvalue weighted by Gasteiger charge is 2.27. The molecule has 35 heavy (non-hydrogen) atoms. The fourth-order valence-electron chi connectivity index (χ4n) is 4.93. The molecular weight excluding hydrogens is 500 g/mol. The second-order valence-corrected chi connectivity index (χ2v) is 11.4. The van der Waals surface area contributed by atoms with E-state index in [1.807, 2.05) is 0 Å². The van der Waals surface area contributed by atoms with Crippen LogP contribution in [0.25, 0.3) is 5.95 Å². The molecule has 1 aliphatic rings. The highest BCUT2D eigenvalue weighted by molar-refractivity contribution is 9.10. The first-order chi connectivity index (χ1) is 16.7. The van der Waals surface area contributed by atoms with E-state index in [1.54, 1.807) is 35.8 Å². The Morgan fingerprint density at radius 2 is 1.74 bits per heavy atom. The van der Waals surface area contributed by atoms with E-state index in [4.69, 9.17) is 0 Å². The van der Waals surface area contributed by atoms with Crippen molar-refractivity contribution in [1.82, 2.24) is 19.7 Å². The Hall–Kier alpha value is -2.34. The minimum absolute atomic E-state index is 0.214. The van der Waals surface area contributed by atoms with E-state index in [1.165, 1.54) is 47.9 Å². The zero-order valence-corrected chi connectivity index (χ0v) is 23.5. The molecule has 0 aliphatic heterocycles. The van der Waals surface area contributed by atoms with Crippen molar-refractivity contribution >= 4 is 15.9 Å². The lowest BCUT2D eigenvalue weighted by molar-refractivity contribution is 0.354. The lowest BCUT2D eigenvalue weighted by Gasteiger charge is -2.35. The van der Waals surface area contributed by atoms with Crippen LogP contribution in [0.5, 0.6) is 0 Å². The summed E-state index contributed by atoms with van der Waals surface area (Å²) in [7, 11) is 0. The average Bonchev–Trinajstić information content (AvgIpc) is 2.79. The van der Waals surface area contributed by atoms with Crippen molar-refractivity contribution in [3.8, 4) is 5.95 Å². The summed E-state index contributed by atoms with van der Waals surface area (Å²) < 4.78 is 1.98. The van der Waals surface area contributed by atoms with E-state index in [2.05, 4.69) is 77.8 Å². The fourth-order valence-corrected chi connectivity index (χ4v) is 5.14. The number of hydrogen-bond acceptors (Lipinski definition) is 4. The molecule has 6 heteroatoms. The minimum atomic E-state index is -0.214. The molecule has 0 bridgehead atoms. The molecule has 0 radical (unpaired) electrons. The van der Waals surface area contributed by atoms with E-state index in [0.29, 0.717) is 5.41 Å². The van der Waals surface area contributed by atoms with Crippen molar-refractivity contribution in [2.24, 2.45) is 5.41 Å². The predicted octanol–water partition coefficient (Wildman–Crippen LogP) is 7.70. The first-order valence-electron chi connectivity index (χ1n) is 12.7. The van der Waals surface area contributed by atoms with Gasteiger partial charge in [0.15, 0.2) is 0 Å². The van der Waals surface area contributed by atoms with Gasteiger partial charge in [-0.1, -0.05) is 48.3 Å². The predicted molar refractivity (Wildman–Crippen MR) is 148 cm³/mol. The highest BCUT2D eigenvalue weighted by atomic mass is 79.9. The van der Waals surface area contributed by atoms with Gasteiger partial charge in [-0.15, -0.1) is 0 Å². The van der Waals surface area contributed by atoms with Gasteiger partial charge in [0.25, 0.3) is 11.5 Å². The first kappa shape index (κ1) is 27.3. The van der Waals surface area contributed by atoms with E-state index in [-0.39, 0.29) is 11.5 Å². The van der Waals surface area contributed by atoms with Gasteiger partial charge in [0.1, 0.15) is 0 Å². The van der Waals surface area contributed by atoms with Crippen LogP contribution in [0.1, 0.15) is 91.5 Å². The third-order valence-electron chi connectivity index (χ3n) is 7.07. The maximum Gasteiger partial charge on any atom is 0.274 e. The van der Waals surface area contributed by atoms with Gasteiger partial charge in [0.05, 0.1) is 10.7 Å². The van der Waals surface area contributed by atoms with Gasteiger partial charge < -0.3 is 0 Å². The molecular formula is C29H39BrN4O. The minimum Gasteiger partial charge on any atom is -0.267 e. The van der Waals surface area contributed by atoms with Crippen LogP contribution < -0.4 is 5.56 Å². The monoisotopic (exact) mass is 538 g/mol. The topological polar surface area (TPSA) is 60.7 Å². The summed E-state index contributed by atoms with van der Waals surface area (Å²) in [6.07, 6.45) is 19.8. The molecule has 0 unspecified atom stereocenters. The number of rotatable bonds is 10. The Kier molecular flexibility index (Phi) is 9.79. The summed E-state index contributed by atoms with van der Waals surface area (Å²) in [6.45, 7) is 11.6. The summed E-state index contributed by atoms with van der Waals surface area (Å²) in [6, 6.07) is 1.62. The van der Waals surface area contributed by atoms with Gasteiger partial charge in [-0.2, -0.15) is 9.78 Å².